The first-order chi connectivity index (χ1) is 12.2. The van der Waals surface area contributed by atoms with E-state index in [0.29, 0.717) is 26.0 Å². The summed E-state index contributed by atoms with van der Waals surface area (Å²) in [5.41, 5.74) is 3.07. The van der Waals surface area contributed by atoms with Gasteiger partial charge in [0, 0.05) is 20.0 Å². The van der Waals surface area contributed by atoms with Gasteiger partial charge in [-0.3, -0.25) is 4.79 Å². The van der Waals surface area contributed by atoms with Crippen LogP contribution in [0.2, 0.25) is 0 Å². The van der Waals surface area contributed by atoms with Crippen molar-refractivity contribution in [2.75, 3.05) is 13.2 Å². The topological polar surface area (TPSA) is 56.1 Å². The number of imidazole rings is 1. The maximum Gasteiger partial charge on any atom is 0.224 e. The fourth-order valence-electron chi connectivity index (χ4n) is 2.85. The molecule has 25 heavy (non-hydrogen) atoms. The van der Waals surface area contributed by atoms with E-state index < -0.39 is 0 Å². The van der Waals surface area contributed by atoms with Gasteiger partial charge in [0.2, 0.25) is 5.91 Å². The van der Waals surface area contributed by atoms with Crippen molar-refractivity contribution in [3.05, 3.63) is 59.9 Å². The Bertz CT molecular complexity index is 853. The summed E-state index contributed by atoms with van der Waals surface area (Å²) in [6.07, 6.45) is 1.08. The Morgan fingerprint density at radius 1 is 1.16 bits per heavy atom. The fraction of sp³-hybridized carbons (Fsp3) is 0.300. The van der Waals surface area contributed by atoms with Gasteiger partial charge in [0.25, 0.3) is 0 Å². The predicted octanol–water partition coefficient (Wildman–Crippen LogP) is 2.87. The molecule has 3 rings (SSSR count). The van der Waals surface area contributed by atoms with E-state index in [9.17, 15) is 4.79 Å². The van der Waals surface area contributed by atoms with E-state index in [-0.39, 0.29) is 5.91 Å². The number of ether oxygens (including phenoxy) is 1. The molecule has 0 spiro atoms. The van der Waals surface area contributed by atoms with Crippen LogP contribution >= 0.6 is 0 Å². The molecule has 0 fully saturated rings. The van der Waals surface area contributed by atoms with Crippen molar-refractivity contribution in [1.82, 2.24) is 14.9 Å². The third-order valence-electron chi connectivity index (χ3n) is 4.15. The zero-order chi connectivity index (χ0) is 17.6. The first kappa shape index (κ1) is 17.0. The normalized spacial score (nSPS) is 10.8. The molecule has 0 aliphatic rings. The van der Waals surface area contributed by atoms with Crippen LogP contribution in [0.1, 0.15) is 18.3 Å². The second-order valence-corrected chi connectivity index (χ2v) is 5.93. The molecule has 5 nitrogen and oxygen atoms in total. The minimum Gasteiger partial charge on any atom is -0.494 e. The van der Waals surface area contributed by atoms with Crippen LogP contribution < -0.4 is 10.1 Å². The molecule has 1 amide bonds. The summed E-state index contributed by atoms with van der Waals surface area (Å²) < 4.78 is 7.48. The van der Waals surface area contributed by atoms with Crippen LogP contribution in [0.4, 0.5) is 0 Å². The lowest BCUT2D eigenvalue weighted by molar-refractivity contribution is -0.120. The lowest BCUT2D eigenvalue weighted by Gasteiger charge is -2.07. The maximum atomic E-state index is 12.1. The molecule has 2 aromatic carbocycles. The van der Waals surface area contributed by atoms with Gasteiger partial charge in [0.05, 0.1) is 24.1 Å². The Morgan fingerprint density at radius 3 is 2.64 bits per heavy atom. The quantitative estimate of drug-likeness (QED) is 0.721. The first-order valence-corrected chi connectivity index (χ1v) is 8.56. The Morgan fingerprint density at radius 2 is 1.92 bits per heavy atom. The molecular weight excluding hydrogens is 314 g/mol. The monoisotopic (exact) mass is 337 g/mol. The lowest BCUT2D eigenvalue weighted by Crippen LogP contribution is -2.27. The minimum absolute atomic E-state index is 0.0166. The Balaban J connectivity index is 1.51. The summed E-state index contributed by atoms with van der Waals surface area (Å²) in [4.78, 5) is 16.7. The fourth-order valence-corrected chi connectivity index (χ4v) is 2.85. The number of carbonyl (C=O) groups excluding carboxylic acids is 1. The average Bonchev–Trinajstić information content (AvgIpc) is 2.93. The number of nitrogens with one attached hydrogen (secondary N) is 1. The van der Waals surface area contributed by atoms with E-state index in [1.807, 2.05) is 56.4 Å². The number of hydrogen-bond acceptors (Lipinski definition) is 3. The van der Waals surface area contributed by atoms with Gasteiger partial charge in [-0.05, 0) is 36.8 Å². The molecule has 0 radical (unpaired) electrons. The van der Waals surface area contributed by atoms with Crippen LogP contribution in [-0.4, -0.2) is 28.6 Å². The number of hydrogen-bond donors (Lipinski definition) is 1. The Labute approximate surface area is 147 Å². The molecule has 0 atom stereocenters. The summed E-state index contributed by atoms with van der Waals surface area (Å²) in [7, 11) is 2.01. The highest BCUT2D eigenvalue weighted by Crippen LogP contribution is 2.14. The molecular formula is C20H23N3O2. The van der Waals surface area contributed by atoms with Crippen LogP contribution in [0.3, 0.4) is 0 Å². The summed E-state index contributed by atoms with van der Waals surface area (Å²) >= 11 is 0. The zero-order valence-corrected chi connectivity index (χ0v) is 14.7. The number of fused-ring (bicyclic) bond motifs is 1. The first-order valence-electron chi connectivity index (χ1n) is 8.56. The highest BCUT2D eigenvalue weighted by molar-refractivity contribution is 5.78. The third-order valence-corrected chi connectivity index (χ3v) is 4.15. The van der Waals surface area contributed by atoms with Crippen LogP contribution in [0.25, 0.3) is 11.0 Å². The molecule has 0 saturated heterocycles. The molecule has 3 aromatic rings. The molecule has 130 valence electrons. The highest BCUT2D eigenvalue weighted by atomic mass is 16.5. The second-order valence-electron chi connectivity index (χ2n) is 5.93. The van der Waals surface area contributed by atoms with Crippen LogP contribution in [0.15, 0.2) is 48.5 Å². The molecule has 0 aliphatic carbocycles. The van der Waals surface area contributed by atoms with Gasteiger partial charge < -0.3 is 14.6 Å². The van der Waals surface area contributed by atoms with E-state index in [1.165, 1.54) is 0 Å². The Kier molecular flexibility index (Phi) is 5.33. The summed E-state index contributed by atoms with van der Waals surface area (Å²) in [6, 6.07) is 15.7. The largest absolute Gasteiger partial charge is 0.494 e. The standard InChI is InChI=1S/C20H23N3O2/c1-3-25-16-10-8-15(9-11-16)14-20(24)21-13-12-19-22-17-6-4-5-7-18(17)23(19)2/h4-11H,3,12-14H2,1-2H3,(H,21,24). The van der Waals surface area contributed by atoms with Crippen molar-refractivity contribution in [2.24, 2.45) is 7.05 Å². The van der Waals surface area contributed by atoms with Crippen molar-refractivity contribution < 1.29 is 9.53 Å². The molecule has 0 bridgehead atoms. The van der Waals surface area contributed by atoms with Crippen molar-refractivity contribution >= 4 is 16.9 Å². The van der Waals surface area contributed by atoms with Gasteiger partial charge in [-0.15, -0.1) is 0 Å². The van der Waals surface area contributed by atoms with Crippen molar-refractivity contribution in [3.8, 4) is 5.75 Å². The third kappa shape index (κ3) is 4.18. The minimum atomic E-state index is 0.0166. The van der Waals surface area contributed by atoms with Crippen molar-refractivity contribution in [2.45, 2.75) is 19.8 Å². The number of aromatic nitrogens is 2. The number of rotatable bonds is 7. The molecule has 1 N–H and O–H groups in total. The van der Waals surface area contributed by atoms with Crippen LogP contribution in [-0.2, 0) is 24.7 Å². The van der Waals surface area contributed by atoms with E-state index in [1.54, 1.807) is 0 Å². The van der Waals surface area contributed by atoms with Gasteiger partial charge in [0.15, 0.2) is 0 Å². The van der Waals surface area contributed by atoms with Crippen LogP contribution in [0.5, 0.6) is 5.75 Å². The Hall–Kier alpha value is -2.82. The number of aryl methyl sites for hydroxylation is 1. The number of benzene rings is 2. The zero-order valence-electron chi connectivity index (χ0n) is 14.7. The molecule has 0 aliphatic heterocycles. The van der Waals surface area contributed by atoms with E-state index >= 15 is 0 Å². The smallest absolute Gasteiger partial charge is 0.224 e. The van der Waals surface area contributed by atoms with Crippen LogP contribution in [0, 0.1) is 0 Å². The van der Waals surface area contributed by atoms with Gasteiger partial charge in [-0.1, -0.05) is 24.3 Å². The van der Waals surface area contributed by atoms with Gasteiger partial charge in [-0.25, -0.2) is 4.98 Å². The number of para-hydroxylation sites is 2. The second kappa shape index (κ2) is 7.83. The van der Waals surface area contributed by atoms with Gasteiger partial charge in [-0.2, -0.15) is 0 Å². The molecule has 0 saturated carbocycles. The molecule has 0 unspecified atom stereocenters. The van der Waals surface area contributed by atoms with E-state index in [4.69, 9.17) is 4.74 Å². The van der Waals surface area contributed by atoms with E-state index in [2.05, 4.69) is 20.9 Å². The van der Waals surface area contributed by atoms with Gasteiger partial charge in [0.1, 0.15) is 11.6 Å². The highest BCUT2D eigenvalue weighted by Gasteiger charge is 2.08. The summed E-state index contributed by atoms with van der Waals surface area (Å²) in [6.45, 7) is 3.17. The number of nitrogens with zero attached hydrogens (tertiary/aromatic N) is 2. The van der Waals surface area contributed by atoms with Crippen molar-refractivity contribution in [1.29, 1.82) is 0 Å². The van der Waals surface area contributed by atoms with Gasteiger partial charge >= 0.3 is 0 Å². The summed E-state index contributed by atoms with van der Waals surface area (Å²) in [5.74, 6) is 1.82. The molecule has 5 heteroatoms. The molecule has 1 aromatic heterocycles. The lowest BCUT2D eigenvalue weighted by atomic mass is 10.1. The number of amides is 1. The predicted molar refractivity (Wildman–Crippen MR) is 98.7 cm³/mol. The SMILES string of the molecule is CCOc1ccc(CC(=O)NCCc2nc3ccccc3n2C)cc1. The summed E-state index contributed by atoms with van der Waals surface area (Å²) in [5, 5.41) is 2.97. The average molecular weight is 337 g/mol. The number of carbonyl (C=O) groups is 1. The maximum absolute atomic E-state index is 12.1. The van der Waals surface area contributed by atoms with Crippen molar-refractivity contribution in [3.63, 3.8) is 0 Å². The van der Waals surface area contributed by atoms with E-state index in [0.717, 1.165) is 28.2 Å². The molecule has 1 heterocycles.